The van der Waals surface area contributed by atoms with Gasteiger partial charge in [-0.25, -0.2) is 0 Å². The van der Waals surface area contributed by atoms with Gasteiger partial charge in [0.2, 0.25) is 0 Å². The first-order valence-electron chi connectivity index (χ1n) is 9.20. The molecule has 1 unspecified atom stereocenters. The molecule has 1 heterocycles. The fraction of sp³-hybridized carbons (Fsp3) is 0.381. The number of anilines is 1. The molecule has 0 saturated carbocycles. The highest BCUT2D eigenvalue weighted by Gasteiger charge is 2.28. The van der Waals surface area contributed by atoms with Crippen LogP contribution in [-0.2, 0) is 11.2 Å². The molecule has 2 aromatic rings. The quantitative estimate of drug-likeness (QED) is 0.633. The second-order valence-electron chi connectivity index (χ2n) is 7.70. The second-order valence-corrected chi connectivity index (χ2v) is 7.70. The molecule has 0 saturated heterocycles. The first kappa shape index (κ1) is 20.0. The average Bonchev–Trinajstić information content (AvgIpc) is 2.65. The molecule has 7 nitrogen and oxygen atoms in total. The molecule has 3 rings (SSSR count). The van der Waals surface area contributed by atoms with Crippen molar-refractivity contribution in [3.05, 3.63) is 47.5 Å². The number of aliphatic hydroxyl groups excluding tert-OH is 1. The minimum atomic E-state index is -0.846. The fourth-order valence-electron chi connectivity index (χ4n) is 3.34. The number of ether oxygens (including phenoxy) is 2. The number of aromatic hydroxyl groups is 1. The zero-order valence-corrected chi connectivity index (χ0v) is 16.4. The summed E-state index contributed by atoms with van der Waals surface area (Å²) in [6, 6.07) is 10.9. The Balaban J connectivity index is 1.69. The lowest BCUT2D eigenvalue weighted by molar-refractivity contribution is -0.893. The maximum Gasteiger partial charge on any atom is 0.262 e. The highest BCUT2D eigenvalue weighted by Crippen LogP contribution is 2.39. The number of aliphatic hydroxyl groups is 1. The summed E-state index contributed by atoms with van der Waals surface area (Å²) in [7, 11) is 5.74. The number of amides is 1. The Kier molecular flexibility index (Phi) is 5.76. The Morgan fingerprint density at radius 2 is 1.96 bits per heavy atom. The lowest BCUT2D eigenvalue weighted by Crippen LogP contribution is -2.44. The number of rotatable bonds is 7. The van der Waals surface area contributed by atoms with E-state index in [0.29, 0.717) is 28.0 Å². The molecule has 1 amide bonds. The average molecular weight is 387 g/mol. The van der Waals surface area contributed by atoms with E-state index in [1.165, 1.54) is 17.7 Å². The summed E-state index contributed by atoms with van der Waals surface area (Å²) < 4.78 is 11.3. The lowest BCUT2D eigenvalue weighted by atomic mass is 10.0. The van der Waals surface area contributed by atoms with Crippen molar-refractivity contribution in [1.29, 1.82) is 0 Å². The zero-order chi connectivity index (χ0) is 20.3. The second kappa shape index (κ2) is 8.08. The number of likely N-dealkylation sites (N-methyl/N-ethyl adjacent to an activating group) is 1. The number of hydrogen-bond donors (Lipinski definition) is 3. The number of benzene rings is 2. The van der Waals surface area contributed by atoms with Crippen molar-refractivity contribution in [2.75, 3.05) is 46.2 Å². The number of fused-ring (bicyclic) bond motifs is 1. The number of methoxy groups -OCH3 is 1. The smallest absolute Gasteiger partial charge is 0.262 e. The molecule has 0 aromatic heterocycles. The van der Waals surface area contributed by atoms with Crippen LogP contribution >= 0.6 is 0 Å². The van der Waals surface area contributed by atoms with Gasteiger partial charge in [0.15, 0.2) is 6.61 Å². The molecule has 0 spiro atoms. The van der Waals surface area contributed by atoms with Crippen molar-refractivity contribution in [2.24, 2.45) is 0 Å². The summed E-state index contributed by atoms with van der Waals surface area (Å²) >= 11 is 0. The van der Waals surface area contributed by atoms with Gasteiger partial charge in [0.25, 0.3) is 5.91 Å². The minimum Gasteiger partial charge on any atom is -0.508 e. The van der Waals surface area contributed by atoms with Crippen LogP contribution in [0.15, 0.2) is 36.4 Å². The Hall–Kier alpha value is -2.77. The van der Waals surface area contributed by atoms with E-state index in [9.17, 15) is 15.0 Å². The van der Waals surface area contributed by atoms with Crippen LogP contribution in [0.5, 0.6) is 17.2 Å². The van der Waals surface area contributed by atoms with E-state index >= 15 is 0 Å². The summed E-state index contributed by atoms with van der Waals surface area (Å²) in [5, 5.41) is 23.5. The van der Waals surface area contributed by atoms with E-state index in [1.54, 1.807) is 7.11 Å². The van der Waals surface area contributed by atoms with E-state index in [-0.39, 0.29) is 18.3 Å². The summed E-state index contributed by atoms with van der Waals surface area (Å²) in [4.78, 5) is 11.5. The van der Waals surface area contributed by atoms with E-state index in [4.69, 9.17) is 9.47 Å². The normalized spacial score (nSPS) is 14.6. The predicted octanol–water partition coefficient (Wildman–Crippen LogP) is 2.08. The molecule has 3 N–H and O–H groups in total. The molecule has 0 aliphatic carbocycles. The number of carbonyl (C=O) groups excluding carboxylic acids is 1. The SMILES string of the molecule is COc1ccc(CC[N+](C)(C)CC(O)c2cc(O)cc3c2OCC(=O)N3)cc1. The van der Waals surface area contributed by atoms with Crippen molar-refractivity contribution in [2.45, 2.75) is 12.5 Å². The first-order valence-corrected chi connectivity index (χ1v) is 9.20. The van der Waals surface area contributed by atoms with Gasteiger partial charge in [-0.1, -0.05) is 12.1 Å². The van der Waals surface area contributed by atoms with Crippen LogP contribution in [0.2, 0.25) is 0 Å². The number of quaternary nitrogens is 1. The molecule has 1 aliphatic rings. The van der Waals surface area contributed by atoms with E-state index in [1.807, 2.05) is 38.4 Å². The Bertz CT molecular complexity index is 849. The molecule has 0 bridgehead atoms. The molecule has 28 heavy (non-hydrogen) atoms. The van der Waals surface area contributed by atoms with Crippen LogP contribution in [-0.4, -0.2) is 61.5 Å². The Labute approximate surface area is 164 Å². The van der Waals surface area contributed by atoms with Crippen LogP contribution in [0.25, 0.3) is 0 Å². The number of phenolic OH excluding ortho intramolecular Hbond substituents is 1. The van der Waals surface area contributed by atoms with Crippen LogP contribution in [0.1, 0.15) is 17.2 Å². The third-order valence-electron chi connectivity index (χ3n) is 4.92. The number of carbonyl (C=O) groups is 1. The van der Waals surface area contributed by atoms with Gasteiger partial charge in [0, 0.05) is 18.1 Å². The largest absolute Gasteiger partial charge is 0.508 e. The number of nitrogens with zero attached hydrogens (tertiary/aromatic N) is 1. The third kappa shape index (κ3) is 4.74. The van der Waals surface area contributed by atoms with E-state index in [0.717, 1.165) is 18.7 Å². The zero-order valence-electron chi connectivity index (χ0n) is 16.4. The van der Waals surface area contributed by atoms with Crippen LogP contribution < -0.4 is 14.8 Å². The van der Waals surface area contributed by atoms with Gasteiger partial charge < -0.3 is 29.5 Å². The van der Waals surface area contributed by atoms with Gasteiger partial charge in [0.05, 0.1) is 33.4 Å². The van der Waals surface area contributed by atoms with Crippen molar-refractivity contribution < 1.29 is 29.0 Å². The molecular formula is C21H27N2O5+. The fourth-order valence-corrected chi connectivity index (χ4v) is 3.34. The maximum absolute atomic E-state index is 11.5. The molecule has 1 atom stereocenters. The third-order valence-corrected chi connectivity index (χ3v) is 4.92. The molecule has 7 heteroatoms. The summed E-state index contributed by atoms with van der Waals surface area (Å²) in [6.45, 7) is 1.15. The first-order chi connectivity index (χ1) is 13.3. The summed E-state index contributed by atoms with van der Waals surface area (Å²) in [5.41, 5.74) is 2.06. The van der Waals surface area contributed by atoms with Gasteiger partial charge in [-0.05, 0) is 23.8 Å². The monoisotopic (exact) mass is 387 g/mol. The van der Waals surface area contributed by atoms with Crippen LogP contribution in [0.4, 0.5) is 5.69 Å². The van der Waals surface area contributed by atoms with Crippen LogP contribution in [0.3, 0.4) is 0 Å². The highest BCUT2D eigenvalue weighted by molar-refractivity contribution is 5.96. The summed E-state index contributed by atoms with van der Waals surface area (Å²) in [6.07, 6.45) is 0.00994. The molecule has 0 radical (unpaired) electrons. The van der Waals surface area contributed by atoms with Gasteiger partial charge in [-0.2, -0.15) is 0 Å². The minimum absolute atomic E-state index is 0.0258. The van der Waals surface area contributed by atoms with Crippen molar-refractivity contribution in [3.8, 4) is 17.2 Å². The Morgan fingerprint density at radius 3 is 2.64 bits per heavy atom. The Morgan fingerprint density at radius 1 is 1.25 bits per heavy atom. The van der Waals surface area contributed by atoms with Gasteiger partial charge in [0.1, 0.15) is 29.9 Å². The lowest BCUT2D eigenvalue weighted by Gasteiger charge is -2.33. The molecule has 150 valence electrons. The van der Waals surface area contributed by atoms with Crippen LogP contribution in [0, 0.1) is 0 Å². The van der Waals surface area contributed by atoms with E-state index < -0.39 is 6.10 Å². The van der Waals surface area contributed by atoms with E-state index in [2.05, 4.69) is 5.32 Å². The number of phenols is 1. The molecule has 0 fully saturated rings. The standard InChI is InChI=1S/C21H26N2O5/c1-23(2,9-8-14-4-6-16(27-3)7-5-14)12-19(25)17-10-15(24)11-18-21(17)28-13-20(26)22-18/h4-7,10-11,19,25H,8-9,12-13H2,1-3H3,(H-,22,24,26)/p+1. The molecule has 2 aromatic carbocycles. The van der Waals surface area contributed by atoms with Crippen molar-refractivity contribution in [1.82, 2.24) is 0 Å². The van der Waals surface area contributed by atoms with Gasteiger partial charge in [-0.3, -0.25) is 4.79 Å². The molecular weight excluding hydrogens is 360 g/mol. The predicted molar refractivity (Wildman–Crippen MR) is 106 cm³/mol. The highest BCUT2D eigenvalue weighted by atomic mass is 16.5. The topological polar surface area (TPSA) is 88.0 Å². The summed E-state index contributed by atoms with van der Waals surface area (Å²) in [5.74, 6) is 0.935. The molecule has 1 aliphatic heterocycles. The van der Waals surface area contributed by atoms with Crippen molar-refractivity contribution in [3.63, 3.8) is 0 Å². The maximum atomic E-state index is 11.5. The van der Waals surface area contributed by atoms with Crippen molar-refractivity contribution >= 4 is 11.6 Å². The number of hydrogen-bond acceptors (Lipinski definition) is 5. The number of nitrogens with one attached hydrogen (secondary N) is 1. The van der Waals surface area contributed by atoms with Gasteiger partial charge in [-0.15, -0.1) is 0 Å². The van der Waals surface area contributed by atoms with Gasteiger partial charge >= 0.3 is 0 Å².